The number of pyridine rings is 1. The number of nitrogens with zero attached hydrogens (tertiary/aromatic N) is 5. The molecule has 12 heteroatoms. The first-order valence-electron chi connectivity index (χ1n) is 14.1. The highest BCUT2D eigenvalue weighted by Crippen LogP contribution is 2.32. The minimum atomic E-state index is -4.44. The highest BCUT2D eigenvalue weighted by atomic mass is 19.4. The van der Waals surface area contributed by atoms with Crippen LogP contribution in [0.15, 0.2) is 66.9 Å². The zero-order valence-corrected chi connectivity index (χ0v) is 24.8. The molecule has 0 aliphatic carbocycles. The fourth-order valence-corrected chi connectivity index (χ4v) is 5.01. The van der Waals surface area contributed by atoms with E-state index in [0.29, 0.717) is 35.7 Å². The lowest BCUT2D eigenvalue weighted by atomic mass is 9.89. The van der Waals surface area contributed by atoms with Gasteiger partial charge in [0.25, 0.3) is 0 Å². The van der Waals surface area contributed by atoms with E-state index in [0.717, 1.165) is 36.1 Å². The maximum Gasteiger partial charge on any atom is 0.416 e. The van der Waals surface area contributed by atoms with Gasteiger partial charge in [-0.05, 0) is 69.4 Å². The van der Waals surface area contributed by atoms with Gasteiger partial charge in [0.2, 0.25) is 0 Å². The lowest BCUT2D eigenvalue weighted by molar-refractivity contribution is -0.137. The van der Waals surface area contributed by atoms with Crippen molar-refractivity contribution in [1.29, 1.82) is 0 Å². The molecule has 0 N–H and O–H groups in total. The summed E-state index contributed by atoms with van der Waals surface area (Å²) in [6.45, 7) is 6.78. The highest BCUT2D eigenvalue weighted by Gasteiger charge is 2.30. The number of esters is 1. The van der Waals surface area contributed by atoms with E-state index >= 15 is 0 Å². The number of rotatable bonds is 5. The van der Waals surface area contributed by atoms with Crippen LogP contribution in [0.1, 0.15) is 61.1 Å². The molecule has 4 aromatic rings. The van der Waals surface area contributed by atoms with Gasteiger partial charge in [-0.1, -0.05) is 41.6 Å². The summed E-state index contributed by atoms with van der Waals surface area (Å²) in [5, 5.41) is 8.25. The Bertz CT molecular complexity index is 1640. The van der Waals surface area contributed by atoms with Crippen molar-refractivity contribution in [2.24, 2.45) is 0 Å². The predicted octanol–water partition coefficient (Wildman–Crippen LogP) is 6.92. The maximum absolute atomic E-state index is 13.0. The Kier molecular flexibility index (Phi) is 8.44. The van der Waals surface area contributed by atoms with Crippen LogP contribution in [0, 0.1) is 0 Å². The summed E-state index contributed by atoms with van der Waals surface area (Å²) in [6.07, 6.45) is -1.54. The molecular formula is C32H32F3N5O4. The molecule has 5 rings (SSSR count). The van der Waals surface area contributed by atoms with Crippen LogP contribution < -0.4 is 0 Å². The van der Waals surface area contributed by atoms with Crippen LogP contribution in [0.5, 0.6) is 0 Å². The van der Waals surface area contributed by atoms with Crippen LogP contribution in [0.3, 0.4) is 0 Å². The van der Waals surface area contributed by atoms with Gasteiger partial charge in [-0.15, -0.1) is 5.10 Å². The number of amides is 1. The zero-order chi connectivity index (χ0) is 31.6. The van der Waals surface area contributed by atoms with Crippen LogP contribution in [0.2, 0.25) is 0 Å². The first kappa shape index (κ1) is 30.7. The summed E-state index contributed by atoms with van der Waals surface area (Å²) in [4.78, 5) is 31.1. The number of carbonyl (C=O) groups is 2. The van der Waals surface area contributed by atoms with Gasteiger partial charge >= 0.3 is 18.2 Å². The number of hydrogen-bond donors (Lipinski definition) is 0. The number of halogens is 3. The molecule has 0 bridgehead atoms. The van der Waals surface area contributed by atoms with Crippen molar-refractivity contribution < 1.29 is 32.2 Å². The Balaban J connectivity index is 1.35. The topological polar surface area (TPSA) is 99.4 Å². The Labute approximate surface area is 252 Å². The van der Waals surface area contributed by atoms with Gasteiger partial charge < -0.3 is 14.4 Å². The molecule has 1 saturated heterocycles. The second-order valence-corrected chi connectivity index (χ2v) is 11.6. The van der Waals surface area contributed by atoms with Crippen LogP contribution in [-0.4, -0.2) is 62.7 Å². The molecule has 2 aromatic carbocycles. The van der Waals surface area contributed by atoms with Crippen molar-refractivity contribution in [2.45, 2.75) is 51.3 Å². The van der Waals surface area contributed by atoms with Crippen LogP contribution in [0.4, 0.5) is 18.0 Å². The van der Waals surface area contributed by atoms with Gasteiger partial charge in [-0.25, -0.2) is 19.3 Å². The monoisotopic (exact) mass is 607 g/mol. The van der Waals surface area contributed by atoms with Gasteiger partial charge in [0.1, 0.15) is 11.3 Å². The number of likely N-dealkylation sites (tertiary alicyclic amines) is 1. The van der Waals surface area contributed by atoms with Gasteiger partial charge in [0, 0.05) is 24.2 Å². The quantitative estimate of drug-likeness (QED) is 0.227. The third-order valence-electron chi connectivity index (χ3n) is 7.30. The lowest BCUT2D eigenvalue weighted by Crippen LogP contribution is -2.41. The molecule has 0 saturated carbocycles. The molecule has 2 aromatic heterocycles. The normalized spacial score (nSPS) is 14.4. The van der Waals surface area contributed by atoms with E-state index in [9.17, 15) is 22.8 Å². The number of hydrogen-bond acceptors (Lipinski definition) is 7. The molecule has 3 heterocycles. The number of alkyl halides is 3. The van der Waals surface area contributed by atoms with Crippen molar-refractivity contribution in [1.82, 2.24) is 24.9 Å². The molecule has 230 valence electrons. The second kappa shape index (κ2) is 12.1. The summed E-state index contributed by atoms with van der Waals surface area (Å²) >= 11 is 0. The standard InChI is InChI=1S/C32H32F3N5O4/c1-31(2,3)44-30(42)39-15-13-21(14-16-39)20-5-7-22(8-6-20)26-17-25(18-27(36-26)29(41)43-4)40-19-28(37-38-40)23-9-11-24(12-10-23)32(33,34)35/h5-12,17-19,21H,13-16H2,1-4H3. The number of piperidine rings is 1. The third kappa shape index (κ3) is 7.07. The molecule has 9 nitrogen and oxygen atoms in total. The molecule has 0 atom stereocenters. The Hall–Kier alpha value is -4.74. The molecule has 1 amide bonds. The molecule has 1 aliphatic heterocycles. The number of benzene rings is 2. The smallest absolute Gasteiger partial charge is 0.416 e. The zero-order valence-electron chi connectivity index (χ0n) is 24.8. The van der Waals surface area contributed by atoms with Gasteiger partial charge in [0.15, 0.2) is 5.69 Å². The predicted molar refractivity (Wildman–Crippen MR) is 156 cm³/mol. The molecule has 0 spiro atoms. The SMILES string of the molecule is COC(=O)c1cc(-n2cc(-c3ccc(C(F)(F)F)cc3)nn2)cc(-c2ccc(C3CCN(C(=O)OC(C)(C)C)CC3)cc2)n1. The largest absolute Gasteiger partial charge is 0.464 e. The average Bonchev–Trinajstić information content (AvgIpc) is 3.50. The first-order chi connectivity index (χ1) is 20.8. The number of carbonyl (C=O) groups excluding carboxylic acids is 2. The van der Waals surface area contributed by atoms with E-state index < -0.39 is 23.3 Å². The van der Waals surface area contributed by atoms with Crippen molar-refractivity contribution in [3.63, 3.8) is 0 Å². The van der Waals surface area contributed by atoms with Gasteiger partial charge in [-0.2, -0.15) is 13.2 Å². The maximum atomic E-state index is 13.0. The van der Waals surface area contributed by atoms with E-state index in [2.05, 4.69) is 15.3 Å². The van der Waals surface area contributed by atoms with Crippen LogP contribution in [-0.2, 0) is 15.7 Å². The molecule has 1 aliphatic rings. The Morgan fingerprint density at radius 2 is 1.50 bits per heavy atom. The Morgan fingerprint density at radius 1 is 0.886 bits per heavy atom. The highest BCUT2D eigenvalue weighted by molar-refractivity contribution is 5.88. The molecule has 0 radical (unpaired) electrons. The van der Waals surface area contributed by atoms with E-state index in [-0.39, 0.29) is 17.7 Å². The third-order valence-corrected chi connectivity index (χ3v) is 7.30. The van der Waals surface area contributed by atoms with Crippen molar-refractivity contribution in [2.75, 3.05) is 20.2 Å². The summed E-state index contributed by atoms with van der Waals surface area (Å²) in [6, 6.07) is 15.8. The van der Waals surface area contributed by atoms with E-state index in [1.807, 2.05) is 45.0 Å². The van der Waals surface area contributed by atoms with E-state index in [1.54, 1.807) is 17.2 Å². The van der Waals surface area contributed by atoms with E-state index in [1.165, 1.54) is 30.0 Å². The fraction of sp³-hybridized carbons (Fsp3) is 0.344. The summed E-state index contributed by atoms with van der Waals surface area (Å²) < 4.78 is 50.7. The summed E-state index contributed by atoms with van der Waals surface area (Å²) in [5.41, 5.74) is 2.45. The molecule has 1 fully saturated rings. The minimum Gasteiger partial charge on any atom is -0.464 e. The molecule has 44 heavy (non-hydrogen) atoms. The van der Waals surface area contributed by atoms with E-state index in [4.69, 9.17) is 9.47 Å². The lowest BCUT2D eigenvalue weighted by Gasteiger charge is -2.33. The average molecular weight is 608 g/mol. The Morgan fingerprint density at radius 3 is 2.09 bits per heavy atom. The molecular weight excluding hydrogens is 575 g/mol. The number of aromatic nitrogens is 4. The van der Waals surface area contributed by atoms with Crippen molar-refractivity contribution >= 4 is 12.1 Å². The van der Waals surface area contributed by atoms with Crippen molar-refractivity contribution in [3.05, 3.63) is 83.7 Å². The van der Waals surface area contributed by atoms with Gasteiger partial charge in [0.05, 0.1) is 30.3 Å². The van der Waals surface area contributed by atoms with Crippen molar-refractivity contribution in [3.8, 4) is 28.2 Å². The number of methoxy groups -OCH3 is 1. The second-order valence-electron chi connectivity index (χ2n) is 11.6. The summed E-state index contributed by atoms with van der Waals surface area (Å²) in [7, 11) is 1.26. The van der Waals surface area contributed by atoms with Crippen LogP contribution >= 0.6 is 0 Å². The number of ether oxygens (including phenoxy) is 2. The fourth-order valence-electron chi connectivity index (χ4n) is 5.01. The molecule has 0 unspecified atom stereocenters. The van der Waals surface area contributed by atoms with Gasteiger partial charge in [-0.3, -0.25) is 0 Å². The summed E-state index contributed by atoms with van der Waals surface area (Å²) in [5.74, 6) is -0.351. The first-order valence-corrected chi connectivity index (χ1v) is 14.1. The van der Waals surface area contributed by atoms with Crippen LogP contribution in [0.25, 0.3) is 28.2 Å². The minimum absolute atomic E-state index is 0.0603.